The molecule has 0 radical (unpaired) electrons. The van der Waals surface area contributed by atoms with Crippen LogP contribution in [0.25, 0.3) is 0 Å². The van der Waals surface area contributed by atoms with Crippen molar-refractivity contribution in [1.29, 1.82) is 5.26 Å². The number of piperidine rings is 1. The van der Waals surface area contributed by atoms with Crippen LogP contribution in [0.2, 0.25) is 5.02 Å². The highest BCUT2D eigenvalue weighted by Crippen LogP contribution is 2.31. The van der Waals surface area contributed by atoms with E-state index in [0.717, 1.165) is 25.2 Å². The number of hydrogen-bond donors (Lipinski definition) is 1. The Kier molecular flexibility index (Phi) is 4.11. The van der Waals surface area contributed by atoms with Gasteiger partial charge in [0.1, 0.15) is 6.07 Å². The van der Waals surface area contributed by atoms with Crippen molar-refractivity contribution in [2.45, 2.75) is 13.3 Å². The Morgan fingerprint density at radius 1 is 1.56 bits per heavy atom. The highest BCUT2D eigenvalue weighted by atomic mass is 35.5. The molecule has 0 saturated carbocycles. The van der Waals surface area contributed by atoms with Crippen LogP contribution in [0.1, 0.15) is 18.9 Å². The zero-order valence-corrected chi connectivity index (χ0v) is 11.3. The van der Waals surface area contributed by atoms with E-state index in [1.54, 1.807) is 6.07 Å². The lowest BCUT2D eigenvalue weighted by atomic mass is 9.86. The second kappa shape index (κ2) is 5.60. The van der Waals surface area contributed by atoms with Gasteiger partial charge in [0.05, 0.1) is 16.3 Å². The molecule has 2 N–H and O–H groups in total. The first-order valence-corrected chi connectivity index (χ1v) is 6.68. The molecule has 1 aromatic rings. The third-order valence-electron chi connectivity index (χ3n) is 3.86. The van der Waals surface area contributed by atoms with Gasteiger partial charge in [-0.1, -0.05) is 24.6 Å². The molecule has 1 saturated heterocycles. The van der Waals surface area contributed by atoms with Gasteiger partial charge in [-0.25, -0.2) is 0 Å². The summed E-state index contributed by atoms with van der Waals surface area (Å²) in [6.45, 7) is 4.82. The molecule has 2 unspecified atom stereocenters. The summed E-state index contributed by atoms with van der Waals surface area (Å²) in [5.41, 5.74) is 7.33. The second-order valence-corrected chi connectivity index (χ2v) is 5.36. The average molecular weight is 264 g/mol. The van der Waals surface area contributed by atoms with E-state index in [4.69, 9.17) is 17.3 Å². The van der Waals surface area contributed by atoms with Crippen molar-refractivity contribution >= 4 is 17.3 Å². The first-order chi connectivity index (χ1) is 8.67. The Morgan fingerprint density at radius 3 is 3.00 bits per heavy atom. The molecule has 1 aliphatic rings. The molecule has 18 heavy (non-hydrogen) atoms. The minimum Gasteiger partial charge on any atom is -0.370 e. The van der Waals surface area contributed by atoms with E-state index >= 15 is 0 Å². The molecule has 0 bridgehead atoms. The molecule has 96 valence electrons. The molecule has 4 heteroatoms. The van der Waals surface area contributed by atoms with Gasteiger partial charge in [0, 0.05) is 13.1 Å². The highest BCUT2D eigenvalue weighted by Gasteiger charge is 2.26. The third-order valence-corrected chi connectivity index (χ3v) is 4.18. The SMILES string of the molecule is CC1CCN(c2cccc(Cl)c2C#N)CC1CN. The first kappa shape index (κ1) is 13.2. The van der Waals surface area contributed by atoms with Crippen LogP contribution in [-0.4, -0.2) is 19.6 Å². The summed E-state index contributed by atoms with van der Waals surface area (Å²) in [7, 11) is 0. The molecule has 1 fully saturated rings. The Bertz CT molecular complexity index is 467. The van der Waals surface area contributed by atoms with Gasteiger partial charge in [-0.2, -0.15) is 5.26 Å². The van der Waals surface area contributed by atoms with Crippen LogP contribution in [0, 0.1) is 23.2 Å². The molecule has 1 aromatic carbocycles. The minimum atomic E-state index is 0.490. The Labute approximate surface area is 113 Å². The van der Waals surface area contributed by atoms with Gasteiger partial charge in [-0.3, -0.25) is 0 Å². The second-order valence-electron chi connectivity index (χ2n) is 4.95. The topological polar surface area (TPSA) is 53.0 Å². The van der Waals surface area contributed by atoms with Crippen molar-refractivity contribution in [2.24, 2.45) is 17.6 Å². The fourth-order valence-corrected chi connectivity index (χ4v) is 2.77. The lowest BCUT2D eigenvalue weighted by molar-refractivity contribution is 0.308. The van der Waals surface area contributed by atoms with Gasteiger partial charge in [-0.05, 0) is 36.9 Å². The van der Waals surface area contributed by atoms with E-state index in [1.807, 2.05) is 12.1 Å². The summed E-state index contributed by atoms with van der Waals surface area (Å²) in [5.74, 6) is 1.14. The molecular formula is C14H18ClN3. The quantitative estimate of drug-likeness (QED) is 0.892. The Morgan fingerprint density at radius 2 is 2.33 bits per heavy atom. The van der Waals surface area contributed by atoms with E-state index in [9.17, 15) is 5.26 Å². The number of nitrogens with two attached hydrogens (primary N) is 1. The van der Waals surface area contributed by atoms with E-state index in [2.05, 4.69) is 17.9 Å². The summed E-state index contributed by atoms with van der Waals surface area (Å²) < 4.78 is 0. The smallest absolute Gasteiger partial charge is 0.103 e. The molecular weight excluding hydrogens is 246 g/mol. The van der Waals surface area contributed by atoms with E-state index in [-0.39, 0.29) is 0 Å². The van der Waals surface area contributed by atoms with E-state index in [1.165, 1.54) is 0 Å². The van der Waals surface area contributed by atoms with Crippen molar-refractivity contribution in [2.75, 3.05) is 24.5 Å². The molecule has 1 heterocycles. The van der Waals surface area contributed by atoms with Crippen molar-refractivity contribution in [3.63, 3.8) is 0 Å². The van der Waals surface area contributed by atoms with Gasteiger partial charge >= 0.3 is 0 Å². The number of anilines is 1. The van der Waals surface area contributed by atoms with Gasteiger partial charge in [0.2, 0.25) is 0 Å². The van der Waals surface area contributed by atoms with Crippen LogP contribution in [0.15, 0.2) is 18.2 Å². The van der Waals surface area contributed by atoms with Crippen LogP contribution in [-0.2, 0) is 0 Å². The monoisotopic (exact) mass is 263 g/mol. The normalized spacial score (nSPS) is 23.8. The summed E-state index contributed by atoms with van der Waals surface area (Å²) in [6, 6.07) is 7.82. The van der Waals surface area contributed by atoms with Crippen molar-refractivity contribution in [3.8, 4) is 6.07 Å². The van der Waals surface area contributed by atoms with E-state index < -0.39 is 0 Å². The zero-order valence-electron chi connectivity index (χ0n) is 10.6. The minimum absolute atomic E-state index is 0.490. The lowest BCUT2D eigenvalue weighted by Gasteiger charge is -2.38. The molecule has 0 amide bonds. The van der Waals surface area contributed by atoms with Crippen LogP contribution < -0.4 is 10.6 Å². The zero-order chi connectivity index (χ0) is 13.1. The molecule has 1 aliphatic heterocycles. The van der Waals surface area contributed by atoms with Gasteiger partial charge in [0.25, 0.3) is 0 Å². The summed E-state index contributed by atoms with van der Waals surface area (Å²) >= 11 is 6.07. The van der Waals surface area contributed by atoms with Crippen LogP contribution in [0.4, 0.5) is 5.69 Å². The molecule has 3 nitrogen and oxygen atoms in total. The number of halogens is 1. The standard InChI is InChI=1S/C14H18ClN3/c1-10-5-6-18(9-11(10)7-16)14-4-2-3-13(15)12(14)8-17/h2-4,10-11H,5-7,9,16H2,1H3. The largest absolute Gasteiger partial charge is 0.370 e. The van der Waals surface area contributed by atoms with Crippen LogP contribution >= 0.6 is 11.6 Å². The van der Waals surface area contributed by atoms with Crippen LogP contribution in [0.5, 0.6) is 0 Å². The molecule has 2 atom stereocenters. The van der Waals surface area contributed by atoms with Gasteiger partial charge in [0.15, 0.2) is 0 Å². The summed E-state index contributed by atoms with van der Waals surface area (Å²) in [6.07, 6.45) is 1.11. The number of benzene rings is 1. The fraction of sp³-hybridized carbons (Fsp3) is 0.500. The van der Waals surface area contributed by atoms with Gasteiger partial charge in [-0.15, -0.1) is 0 Å². The number of nitriles is 1. The molecule has 0 spiro atoms. The van der Waals surface area contributed by atoms with Crippen molar-refractivity contribution in [3.05, 3.63) is 28.8 Å². The number of rotatable bonds is 2. The molecule has 0 aromatic heterocycles. The first-order valence-electron chi connectivity index (χ1n) is 6.31. The predicted octanol–water partition coefficient (Wildman–Crippen LogP) is 2.63. The Hall–Kier alpha value is -1.24. The maximum Gasteiger partial charge on any atom is 0.103 e. The molecule has 0 aliphatic carbocycles. The lowest BCUT2D eigenvalue weighted by Crippen LogP contribution is -2.43. The highest BCUT2D eigenvalue weighted by molar-refractivity contribution is 6.32. The summed E-state index contributed by atoms with van der Waals surface area (Å²) in [4.78, 5) is 2.24. The van der Waals surface area contributed by atoms with Gasteiger partial charge < -0.3 is 10.6 Å². The maximum atomic E-state index is 9.22. The van der Waals surface area contributed by atoms with Crippen molar-refractivity contribution < 1.29 is 0 Å². The average Bonchev–Trinajstić information content (AvgIpc) is 2.39. The predicted molar refractivity (Wildman–Crippen MR) is 74.7 cm³/mol. The number of nitrogens with zero attached hydrogens (tertiary/aromatic N) is 2. The van der Waals surface area contributed by atoms with Crippen molar-refractivity contribution in [1.82, 2.24) is 0 Å². The maximum absolute atomic E-state index is 9.22. The van der Waals surface area contributed by atoms with Crippen LogP contribution in [0.3, 0.4) is 0 Å². The summed E-state index contributed by atoms with van der Waals surface area (Å²) in [5, 5.41) is 9.75. The number of hydrogen-bond acceptors (Lipinski definition) is 3. The van der Waals surface area contributed by atoms with E-state index in [0.29, 0.717) is 29.0 Å². The third kappa shape index (κ3) is 2.45. The molecule has 2 rings (SSSR count). The Balaban J connectivity index is 2.28. The fourth-order valence-electron chi connectivity index (χ4n) is 2.56.